The van der Waals surface area contributed by atoms with Crippen molar-refractivity contribution in [2.75, 3.05) is 43.4 Å². The summed E-state index contributed by atoms with van der Waals surface area (Å²) in [5.74, 6) is 0.0302. The molecule has 2 aromatic carbocycles. The van der Waals surface area contributed by atoms with E-state index in [1.807, 2.05) is 18.2 Å². The second-order valence-corrected chi connectivity index (χ2v) is 9.01. The van der Waals surface area contributed by atoms with Crippen molar-refractivity contribution >= 4 is 23.2 Å². The number of nitrogens with zero attached hydrogens (tertiary/aromatic N) is 2. The summed E-state index contributed by atoms with van der Waals surface area (Å²) < 4.78 is 0. The molecule has 170 valence electrons. The van der Waals surface area contributed by atoms with Crippen LogP contribution < -0.4 is 15.5 Å². The first kappa shape index (κ1) is 22.3. The molecule has 1 saturated heterocycles. The number of hydrogen-bond donors (Lipinski definition) is 2. The van der Waals surface area contributed by atoms with E-state index in [0.717, 1.165) is 57.4 Å². The number of piperazine rings is 1. The molecular formula is C26H34N4O2. The van der Waals surface area contributed by atoms with Crippen molar-refractivity contribution in [1.29, 1.82) is 0 Å². The number of carbonyl (C=O) groups is 2. The third-order valence-electron chi connectivity index (χ3n) is 6.64. The second kappa shape index (κ2) is 10.6. The molecule has 0 spiro atoms. The highest BCUT2D eigenvalue weighted by atomic mass is 16.2. The van der Waals surface area contributed by atoms with Crippen molar-refractivity contribution in [3.63, 3.8) is 0 Å². The van der Waals surface area contributed by atoms with Gasteiger partial charge < -0.3 is 20.4 Å². The molecule has 6 nitrogen and oxygen atoms in total. The molecule has 2 fully saturated rings. The van der Waals surface area contributed by atoms with E-state index in [2.05, 4.69) is 45.7 Å². The number of likely N-dealkylation sites (N-methyl/N-ethyl adjacent to an activating group) is 1. The zero-order chi connectivity index (χ0) is 22.3. The van der Waals surface area contributed by atoms with Gasteiger partial charge in [-0.3, -0.25) is 9.59 Å². The topological polar surface area (TPSA) is 64.7 Å². The van der Waals surface area contributed by atoms with Gasteiger partial charge in [0.05, 0.1) is 0 Å². The van der Waals surface area contributed by atoms with E-state index in [4.69, 9.17) is 0 Å². The highest BCUT2D eigenvalue weighted by Crippen LogP contribution is 2.25. The Morgan fingerprint density at radius 2 is 1.69 bits per heavy atom. The first-order valence-corrected chi connectivity index (χ1v) is 11.8. The Morgan fingerprint density at radius 1 is 0.938 bits per heavy atom. The lowest BCUT2D eigenvalue weighted by molar-refractivity contribution is -0.120. The Kier molecular flexibility index (Phi) is 7.43. The van der Waals surface area contributed by atoms with Gasteiger partial charge in [0, 0.05) is 55.6 Å². The van der Waals surface area contributed by atoms with Crippen LogP contribution in [0.1, 0.15) is 48.0 Å². The molecule has 32 heavy (non-hydrogen) atoms. The predicted molar refractivity (Wildman–Crippen MR) is 129 cm³/mol. The zero-order valence-corrected chi connectivity index (χ0v) is 19.0. The van der Waals surface area contributed by atoms with Gasteiger partial charge in [0.2, 0.25) is 5.91 Å². The lowest BCUT2D eigenvalue weighted by Gasteiger charge is -2.35. The summed E-state index contributed by atoms with van der Waals surface area (Å²) in [5, 5.41) is 6.07. The Morgan fingerprint density at radius 3 is 2.47 bits per heavy atom. The number of carbonyl (C=O) groups excluding carboxylic acids is 2. The van der Waals surface area contributed by atoms with E-state index >= 15 is 0 Å². The van der Waals surface area contributed by atoms with Crippen LogP contribution in [-0.4, -0.2) is 49.9 Å². The minimum atomic E-state index is -0.132. The Bertz CT molecular complexity index is 931. The molecule has 0 unspecified atom stereocenters. The largest absolute Gasteiger partial charge is 0.369 e. The first-order chi connectivity index (χ1) is 15.6. The fourth-order valence-electron chi connectivity index (χ4n) is 4.64. The molecule has 2 amide bonds. The third-order valence-corrected chi connectivity index (χ3v) is 6.64. The van der Waals surface area contributed by atoms with E-state index in [0.29, 0.717) is 17.8 Å². The summed E-state index contributed by atoms with van der Waals surface area (Å²) in [6, 6.07) is 15.5. The molecule has 2 aliphatic rings. The lowest BCUT2D eigenvalue weighted by atomic mass is 9.88. The van der Waals surface area contributed by atoms with Crippen LogP contribution >= 0.6 is 0 Å². The van der Waals surface area contributed by atoms with Crippen LogP contribution in [0.25, 0.3) is 0 Å². The molecule has 0 aromatic heterocycles. The van der Waals surface area contributed by atoms with Gasteiger partial charge in [0.1, 0.15) is 0 Å². The quantitative estimate of drug-likeness (QED) is 0.724. The first-order valence-electron chi connectivity index (χ1n) is 11.8. The molecule has 0 radical (unpaired) electrons. The normalized spacial score (nSPS) is 17.7. The van der Waals surface area contributed by atoms with Gasteiger partial charge in [0.25, 0.3) is 5.91 Å². The monoisotopic (exact) mass is 434 g/mol. The number of rotatable bonds is 6. The summed E-state index contributed by atoms with van der Waals surface area (Å²) in [4.78, 5) is 30.1. The van der Waals surface area contributed by atoms with Crippen molar-refractivity contribution in [2.24, 2.45) is 5.92 Å². The molecule has 4 rings (SSSR count). The lowest BCUT2D eigenvalue weighted by Crippen LogP contribution is -2.45. The molecule has 2 N–H and O–H groups in total. The second-order valence-electron chi connectivity index (χ2n) is 9.01. The van der Waals surface area contributed by atoms with E-state index in [-0.39, 0.29) is 17.7 Å². The van der Waals surface area contributed by atoms with Gasteiger partial charge in [0.15, 0.2) is 0 Å². The summed E-state index contributed by atoms with van der Waals surface area (Å²) in [7, 11) is 2.15. The van der Waals surface area contributed by atoms with Crippen LogP contribution in [0.4, 0.5) is 11.4 Å². The maximum Gasteiger partial charge on any atom is 0.251 e. The van der Waals surface area contributed by atoms with Crippen LogP contribution in [0.3, 0.4) is 0 Å². The minimum absolute atomic E-state index is 0.0726. The number of anilines is 2. The Hall–Kier alpha value is -2.86. The molecule has 1 aliphatic carbocycles. The van der Waals surface area contributed by atoms with E-state index in [9.17, 15) is 9.59 Å². The standard InChI is InChI=1S/C26H34N4O2/c1-29-14-16-30(17-15-29)24-13-6-5-10-22(24)19-27-25(31)21-11-7-12-23(18-21)28-26(32)20-8-3-2-4-9-20/h5-7,10-13,18,20H,2-4,8-9,14-17,19H2,1H3,(H,27,31)(H,28,32). The molecule has 6 heteroatoms. The summed E-state index contributed by atoms with van der Waals surface area (Å²) in [6.07, 6.45) is 5.38. The third kappa shape index (κ3) is 5.68. The minimum Gasteiger partial charge on any atom is -0.369 e. The number of hydrogen-bond acceptors (Lipinski definition) is 4. The van der Waals surface area contributed by atoms with Gasteiger partial charge in [-0.05, 0) is 49.7 Å². The molecule has 2 aromatic rings. The van der Waals surface area contributed by atoms with Gasteiger partial charge in [-0.25, -0.2) is 0 Å². The maximum atomic E-state index is 12.8. The zero-order valence-electron chi connectivity index (χ0n) is 19.0. The summed E-state index contributed by atoms with van der Waals surface area (Å²) in [5.41, 5.74) is 3.55. The highest BCUT2D eigenvalue weighted by molar-refractivity contribution is 5.97. The van der Waals surface area contributed by atoms with E-state index < -0.39 is 0 Å². The molecule has 0 atom stereocenters. The SMILES string of the molecule is CN1CCN(c2ccccc2CNC(=O)c2cccc(NC(=O)C3CCCCC3)c2)CC1. The molecule has 0 bridgehead atoms. The fraction of sp³-hybridized carbons (Fsp3) is 0.462. The summed E-state index contributed by atoms with van der Waals surface area (Å²) >= 11 is 0. The van der Waals surface area contributed by atoms with Crippen LogP contribution in [0, 0.1) is 5.92 Å². The number of para-hydroxylation sites is 1. The smallest absolute Gasteiger partial charge is 0.251 e. The van der Waals surface area contributed by atoms with Crippen molar-refractivity contribution in [3.05, 3.63) is 59.7 Å². The van der Waals surface area contributed by atoms with E-state index in [1.54, 1.807) is 12.1 Å². The van der Waals surface area contributed by atoms with Gasteiger partial charge in [-0.2, -0.15) is 0 Å². The molecule has 1 saturated carbocycles. The van der Waals surface area contributed by atoms with Gasteiger partial charge in [-0.1, -0.05) is 43.5 Å². The molecular weight excluding hydrogens is 400 g/mol. The predicted octanol–water partition coefficient (Wildman–Crippen LogP) is 3.89. The average Bonchev–Trinajstić information content (AvgIpc) is 2.84. The maximum absolute atomic E-state index is 12.8. The van der Waals surface area contributed by atoms with Crippen LogP contribution in [0.15, 0.2) is 48.5 Å². The van der Waals surface area contributed by atoms with Crippen molar-refractivity contribution in [2.45, 2.75) is 38.6 Å². The Balaban J connectivity index is 1.37. The van der Waals surface area contributed by atoms with Crippen LogP contribution in [0.2, 0.25) is 0 Å². The van der Waals surface area contributed by atoms with Crippen LogP contribution in [-0.2, 0) is 11.3 Å². The van der Waals surface area contributed by atoms with E-state index in [1.165, 1.54) is 12.1 Å². The van der Waals surface area contributed by atoms with Gasteiger partial charge >= 0.3 is 0 Å². The van der Waals surface area contributed by atoms with Crippen molar-refractivity contribution in [1.82, 2.24) is 10.2 Å². The number of nitrogens with one attached hydrogen (secondary N) is 2. The highest BCUT2D eigenvalue weighted by Gasteiger charge is 2.21. The van der Waals surface area contributed by atoms with Crippen LogP contribution in [0.5, 0.6) is 0 Å². The van der Waals surface area contributed by atoms with Crippen molar-refractivity contribution < 1.29 is 9.59 Å². The van der Waals surface area contributed by atoms with Crippen molar-refractivity contribution in [3.8, 4) is 0 Å². The molecule has 1 heterocycles. The fourth-order valence-corrected chi connectivity index (χ4v) is 4.64. The van der Waals surface area contributed by atoms with Gasteiger partial charge in [-0.15, -0.1) is 0 Å². The molecule has 1 aliphatic heterocycles. The number of benzene rings is 2. The average molecular weight is 435 g/mol. The summed E-state index contributed by atoms with van der Waals surface area (Å²) in [6.45, 7) is 4.54. The Labute approximate surface area is 191 Å². The number of amides is 2.